The van der Waals surface area contributed by atoms with E-state index in [1.807, 2.05) is 0 Å². The minimum absolute atomic E-state index is 0.480. The zero-order chi connectivity index (χ0) is 18.0. The van der Waals surface area contributed by atoms with Crippen molar-refractivity contribution in [2.75, 3.05) is 20.3 Å². The van der Waals surface area contributed by atoms with Gasteiger partial charge in [0.15, 0.2) is 12.6 Å². The Kier molecular flexibility index (Phi) is 6.90. The summed E-state index contributed by atoms with van der Waals surface area (Å²) in [6, 6.07) is 0. The van der Waals surface area contributed by atoms with E-state index in [2.05, 4.69) is 0 Å². The van der Waals surface area contributed by atoms with Crippen LogP contribution < -0.4 is 0 Å². The Balaban J connectivity index is 2.12. The second kappa shape index (κ2) is 8.32. The van der Waals surface area contributed by atoms with Crippen molar-refractivity contribution in [3.8, 4) is 0 Å². The van der Waals surface area contributed by atoms with Crippen molar-refractivity contribution < 1.29 is 49.6 Å². The van der Waals surface area contributed by atoms with Gasteiger partial charge in [-0.3, -0.25) is 0 Å². The van der Waals surface area contributed by atoms with Crippen molar-refractivity contribution >= 4 is 0 Å². The summed E-state index contributed by atoms with van der Waals surface area (Å²) in [5.41, 5.74) is 0. The van der Waals surface area contributed by atoms with Crippen molar-refractivity contribution in [3.63, 3.8) is 0 Å². The third-order valence-electron chi connectivity index (χ3n) is 4.53. The Morgan fingerprint density at radius 2 is 1.38 bits per heavy atom. The maximum atomic E-state index is 10.4. The third kappa shape index (κ3) is 3.73. The average Bonchev–Trinajstić information content (AvgIpc) is 2.59. The summed E-state index contributed by atoms with van der Waals surface area (Å²) in [7, 11) is 1.40. The summed E-state index contributed by atoms with van der Waals surface area (Å²) in [5.74, 6) is -0.493. The van der Waals surface area contributed by atoms with Crippen LogP contribution in [0.3, 0.4) is 0 Å². The van der Waals surface area contributed by atoms with E-state index in [0.717, 1.165) is 0 Å². The van der Waals surface area contributed by atoms with Crippen molar-refractivity contribution in [1.82, 2.24) is 0 Å². The first-order valence-corrected chi connectivity index (χ1v) is 7.78. The van der Waals surface area contributed by atoms with E-state index in [0.29, 0.717) is 0 Å². The predicted octanol–water partition coefficient (Wildman–Crippen LogP) is -3.47. The number of ether oxygens (including phenoxy) is 4. The number of aliphatic hydroxyl groups excluding tert-OH is 6. The number of hydrogen-bond acceptors (Lipinski definition) is 10. The van der Waals surface area contributed by atoms with Gasteiger partial charge >= 0.3 is 0 Å². The molecule has 0 radical (unpaired) electrons. The van der Waals surface area contributed by atoms with Crippen LogP contribution >= 0.6 is 0 Å². The molecule has 4 unspecified atom stereocenters. The van der Waals surface area contributed by atoms with Gasteiger partial charge in [-0.1, -0.05) is 6.92 Å². The summed E-state index contributed by atoms with van der Waals surface area (Å²) in [6.07, 6.45) is -11.1. The highest BCUT2D eigenvalue weighted by Crippen LogP contribution is 2.31. The van der Waals surface area contributed by atoms with Crippen LogP contribution in [-0.2, 0) is 18.9 Å². The van der Waals surface area contributed by atoms with Gasteiger partial charge < -0.3 is 49.6 Å². The number of methoxy groups -OCH3 is 1. The van der Waals surface area contributed by atoms with Crippen molar-refractivity contribution in [2.45, 2.75) is 62.2 Å². The predicted molar refractivity (Wildman–Crippen MR) is 76.6 cm³/mol. The highest BCUT2D eigenvalue weighted by Gasteiger charge is 2.49. The summed E-state index contributed by atoms with van der Waals surface area (Å²) in [6.45, 7) is 0.585. The molecular weight excluding hydrogens is 328 g/mol. The second-order valence-electron chi connectivity index (χ2n) is 6.11. The van der Waals surface area contributed by atoms with Gasteiger partial charge in [0, 0.05) is 13.0 Å². The molecule has 10 nitrogen and oxygen atoms in total. The molecule has 0 aromatic rings. The molecule has 2 aliphatic heterocycles. The Morgan fingerprint density at radius 3 is 1.92 bits per heavy atom. The van der Waals surface area contributed by atoms with Gasteiger partial charge in [0.25, 0.3) is 0 Å². The SMILES string of the molecule is CO[C@@H]1OC(CO)[C@@H](O[C@@H]2OC(CO)[C@H](O)C(O)[C@@H]2O)C(O)[C@@H]1C. The summed E-state index contributed by atoms with van der Waals surface area (Å²) in [5, 5.41) is 58.6. The maximum absolute atomic E-state index is 10.4. The van der Waals surface area contributed by atoms with E-state index in [-0.39, 0.29) is 0 Å². The van der Waals surface area contributed by atoms with Gasteiger partial charge in [-0.15, -0.1) is 0 Å². The molecule has 0 spiro atoms. The lowest BCUT2D eigenvalue weighted by Gasteiger charge is -2.46. The Hall–Kier alpha value is -0.400. The molecule has 0 aromatic carbocycles. The van der Waals surface area contributed by atoms with Crippen LogP contribution in [0.1, 0.15) is 6.92 Å². The Labute approximate surface area is 139 Å². The third-order valence-corrected chi connectivity index (χ3v) is 4.53. The lowest BCUT2D eigenvalue weighted by molar-refractivity contribution is -0.351. The molecule has 2 rings (SSSR count). The molecule has 24 heavy (non-hydrogen) atoms. The van der Waals surface area contributed by atoms with Gasteiger partial charge in [-0.2, -0.15) is 0 Å². The summed E-state index contributed by atoms with van der Waals surface area (Å²) >= 11 is 0. The largest absolute Gasteiger partial charge is 0.394 e. The standard InChI is InChI=1S/C14H26O10/c1-5-8(17)12(7(4-16)23-13(5)21-2)24-14-11(20)10(19)9(18)6(3-15)22-14/h5-20H,3-4H2,1-2H3/t5-,6?,7?,8?,9-,10?,11-,12+,13+,14-/m0/s1. The zero-order valence-corrected chi connectivity index (χ0v) is 13.5. The van der Waals surface area contributed by atoms with Crippen LogP contribution in [0.5, 0.6) is 0 Å². The first kappa shape index (κ1) is 19.9. The Morgan fingerprint density at radius 1 is 0.792 bits per heavy atom. The molecule has 2 saturated heterocycles. The van der Waals surface area contributed by atoms with Crippen molar-refractivity contribution in [3.05, 3.63) is 0 Å². The molecule has 0 aliphatic carbocycles. The van der Waals surface area contributed by atoms with Crippen molar-refractivity contribution in [2.24, 2.45) is 5.92 Å². The normalized spacial score (nSPS) is 50.0. The van der Waals surface area contributed by atoms with E-state index in [1.165, 1.54) is 7.11 Å². The zero-order valence-electron chi connectivity index (χ0n) is 13.5. The van der Waals surface area contributed by atoms with Crippen LogP contribution in [0.2, 0.25) is 0 Å². The van der Waals surface area contributed by atoms with Crippen LogP contribution in [0, 0.1) is 5.92 Å². The molecule has 6 N–H and O–H groups in total. The minimum atomic E-state index is -1.61. The fraction of sp³-hybridized carbons (Fsp3) is 1.00. The maximum Gasteiger partial charge on any atom is 0.187 e. The minimum Gasteiger partial charge on any atom is -0.394 e. The number of rotatable bonds is 5. The lowest BCUT2D eigenvalue weighted by Crippen LogP contribution is -2.63. The topological polar surface area (TPSA) is 158 Å². The molecule has 10 atom stereocenters. The first-order valence-electron chi connectivity index (χ1n) is 7.78. The molecule has 0 aromatic heterocycles. The van der Waals surface area contributed by atoms with Gasteiger partial charge in [0.1, 0.15) is 36.6 Å². The van der Waals surface area contributed by atoms with Gasteiger partial charge in [0.05, 0.1) is 19.3 Å². The highest BCUT2D eigenvalue weighted by atomic mass is 16.7. The van der Waals surface area contributed by atoms with Gasteiger partial charge in [-0.25, -0.2) is 0 Å². The van der Waals surface area contributed by atoms with E-state index < -0.39 is 74.4 Å². The molecule has 0 saturated carbocycles. The molecule has 0 bridgehead atoms. The quantitative estimate of drug-likeness (QED) is 0.293. The smallest absolute Gasteiger partial charge is 0.187 e. The molecule has 2 heterocycles. The number of hydrogen-bond donors (Lipinski definition) is 6. The fourth-order valence-electron chi connectivity index (χ4n) is 2.97. The van der Waals surface area contributed by atoms with E-state index >= 15 is 0 Å². The van der Waals surface area contributed by atoms with Gasteiger partial charge in [-0.05, 0) is 0 Å². The van der Waals surface area contributed by atoms with Gasteiger partial charge in [0.2, 0.25) is 0 Å². The Bertz CT molecular complexity index is 392. The summed E-state index contributed by atoms with van der Waals surface area (Å²) < 4.78 is 21.4. The highest BCUT2D eigenvalue weighted by molar-refractivity contribution is 4.93. The average molecular weight is 354 g/mol. The van der Waals surface area contributed by atoms with E-state index in [4.69, 9.17) is 18.9 Å². The molecule has 10 heteroatoms. The molecule has 2 fully saturated rings. The second-order valence-corrected chi connectivity index (χ2v) is 6.11. The van der Waals surface area contributed by atoms with Crippen LogP contribution in [0.4, 0.5) is 0 Å². The lowest BCUT2D eigenvalue weighted by atomic mass is 9.92. The van der Waals surface area contributed by atoms with Crippen molar-refractivity contribution in [1.29, 1.82) is 0 Å². The summed E-state index contributed by atoms with van der Waals surface area (Å²) in [4.78, 5) is 0. The fourth-order valence-corrected chi connectivity index (χ4v) is 2.97. The monoisotopic (exact) mass is 354 g/mol. The van der Waals surface area contributed by atoms with Crippen LogP contribution in [0.15, 0.2) is 0 Å². The van der Waals surface area contributed by atoms with E-state index in [9.17, 15) is 30.6 Å². The number of aliphatic hydroxyl groups is 6. The van der Waals surface area contributed by atoms with Crippen LogP contribution in [0.25, 0.3) is 0 Å². The first-order chi connectivity index (χ1) is 11.3. The van der Waals surface area contributed by atoms with E-state index in [1.54, 1.807) is 6.92 Å². The molecular formula is C14H26O10. The van der Waals surface area contributed by atoms with Crippen LogP contribution in [-0.4, -0.2) is 106 Å². The molecule has 2 aliphatic rings. The molecule has 0 amide bonds. The molecule has 142 valence electrons.